The molecule has 144 valence electrons. The molecule has 0 saturated heterocycles. The summed E-state index contributed by atoms with van der Waals surface area (Å²) < 4.78 is 0. The van der Waals surface area contributed by atoms with E-state index >= 15 is 0 Å². The van der Waals surface area contributed by atoms with Crippen molar-refractivity contribution in [2.45, 2.75) is 33.2 Å². The number of alkyl halides is 1. The quantitative estimate of drug-likeness (QED) is 0.701. The van der Waals surface area contributed by atoms with Crippen LogP contribution in [0.5, 0.6) is 0 Å². The number of carbonyl (C=O) groups is 3. The predicted octanol–water partition coefficient (Wildman–Crippen LogP) is 3.04. The summed E-state index contributed by atoms with van der Waals surface area (Å²) in [5, 5.41) is 6.09. The average molecular weight is 390 g/mol. The summed E-state index contributed by atoms with van der Waals surface area (Å²) in [5.41, 5.74) is 2.22. The van der Waals surface area contributed by atoms with Gasteiger partial charge in [0.1, 0.15) is 5.88 Å². The zero-order valence-electron chi connectivity index (χ0n) is 15.7. The second-order valence-corrected chi connectivity index (χ2v) is 6.78. The van der Waals surface area contributed by atoms with Crippen molar-refractivity contribution in [1.29, 1.82) is 0 Å². The molecule has 0 bridgehead atoms. The summed E-state index contributed by atoms with van der Waals surface area (Å²) >= 11 is 5.48. The van der Waals surface area contributed by atoms with E-state index in [4.69, 9.17) is 11.6 Å². The highest BCUT2D eigenvalue weighted by Crippen LogP contribution is 2.22. The van der Waals surface area contributed by atoms with Crippen molar-refractivity contribution in [3.8, 4) is 0 Å². The molecule has 0 fully saturated rings. The van der Waals surface area contributed by atoms with Gasteiger partial charge in [0.25, 0.3) is 0 Å². The van der Waals surface area contributed by atoms with Gasteiger partial charge in [-0.3, -0.25) is 14.4 Å². The fourth-order valence-corrected chi connectivity index (χ4v) is 2.86. The Morgan fingerprint density at radius 1 is 1.26 bits per heavy atom. The SMILES string of the molecule is CCC(CNC(=O)CCl)Nc1ccc(N=C2C(=O)C=C(C)C(=O)C2C)cc1. The number of hydrogen-bond acceptors (Lipinski definition) is 5. The minimum Gasteiger partial charge on any atom is -0.381 e. The number of carbonyl (C=O) groups excluding carboxylic acids is 3. The summed E-state index contributed by atoms with van der Waals surface area (Å²) in [7, 11) is 0. The van der Waals surface area contributed by atoms with Crippen LogP contribution in [0.1, 0.15) is 27.2 Å². The molecule has 1 aromatic rings. The first-order valence-electron chi connectivity index (χ1n) is 8.90. The molecule has 1 aliphatic carbocycles. The van der Waals surface area contributed by atoms with E-state index in [0.717, 1.165) is 12.1 Å². The second kappa shape index (κ2) is 9.46. The molecule has 2 N–H and O–H groups in total. The third-order valence-electron chi connectivity index (χ3n) is 4.44. The Hall–Kier alpha value is -2.47. The van der Waals surface area contributed by atoms with Crippen molar-refractivity contribution < 1.29 is 14.4 Å². The van der Waals surface area contributed by atoms with Crippen LogP contribution in [0.15, 0.2) is 40.9 Å². The standard InChI is InChI=1S/C20H24ClN3O3/c1-4-14(11-22-18(26)10-21)23-15-5-7-16(8-6-15)24-19-13(3)20(27)12(2)9-17(19)25/h5-9,13-14,23H,4,10-11H2,1-3H3,(H,22,26). The average Bonchev–Trinajstić information content (AvgIpc) is 2.67. The number of nitrogens with zero attached hydrogens (tertiary/aromatic N) is 1. The van der Waals surface area contributed by atoms with E-state index in [-0.39, 0.29) is 35.1 Å². The van der Waals surface area contributed by atoms with Crippen LogP contribution < -0.4 is 10.6 Å². The third-order valence-corrected chi connectivity index (χ3v) is 4.68. The van der Waals surface area contributed by atoms with E-state index < -0.39 is 5.92 Å². The summed E-state index contributed by atoms with van der Waals surface area (Å²) in [6, 6.07) is 7.35. The topological polar surface area (TPSA) is 87.6 Å². The van der Waals surface area contributed by atoms with Crippen molar-refractivity contribution in [1.82, 2.24) is 5.32 Å². The minimum atomic E-state index is -0.532. The zero-order valence-corrected chi connectivity index (χ0v) is 16.5. The first kappa shape index (κ1) is 20.8. The Bertz CT molecular complexity index is 784. The number of allylic oxidation sites excluding steroid dienone is 2. The number of amides is 1. The van der Waals surface area contributed by atoms with Gasteiger partial charge < -0.3 is 10.6 Å². The minimum absolute atomic E-state index is 0.0557. The van der Waals surface area contributed by atoms with Crippen LogP contribution >= 0.6 is 11.6 Å². The number of halogens is 1. The van der Waals surface area contributed by atoms with Crippen LogP contribution in [-0.4, -0.2) is 41.7 Å². The molecular formula is C20H24ClN3O3. The van der Waals surface area contributed by atoms with Crippen molar-refractivity contribution >= 4 is 46.2 Å². The number of anilines is 1. The Morgan fingerprint density at radius 3 is 2.52 bits per heavy atom. The van der Waals surface area contributed by atoms with Gasteiger partial charge in [0.2, 0.25) is 11.7 Å². The highest BCUT2D eigenvalue weighted by Gasteiger charge is 2.30. The second-order valence-electron chi connectivity index (χ2n) is 6.51. The highest BCUT2D eigenvalue weighted by atomic mass is 35.5. The molecule has 0 spiro atoms. The molecule has 0 heterocycles. The van der Waals surface area contributed by atoms with Crippen molar-refractivity contribution in [3.63, 3.8) is 0 Å². The summed E-state index contributed by atoms with van der Waals surface area (Å²) in [6.45, 7) is 5.85. The molecular weight excluding hydrogens is 366 g/mol. The number of aliphatic imine (C=N–C) groups is 1. The zero-order chi connectivity index (χ0) is 20.0. The number of hydrogen-bond donors (Lipinski definition) is 2. The van der Waals surface area contributed by atoms with Gasteiger partial charge >= 0.3 is 0 Å². The van der Waals surface area contributed by atoms with Gasteiger partial charge in [0.05, 0.1) is 17.3 Å². The van der Waals surface area contributed by atoms with Crippen LogP contribution in [0, 0.1) is 5.92 Å². The van der Waals surface area contributed by atoms with E-state index in [9.17, 15) is 14.4 Å². The monoisotopic (exact) mass is 389 g/mol. The maximum Gasteiger partial charge on any atom is 0.234 e. The van der Waals surface area contributed by atoms with Crippen LogP contribution in [0.2, 0.25) is 0 Å². The Kier molecular flexibility index (Phi) is 7.30. The van der Waals surface area contributed by atoms with E-state index in [1.165, 1.54) is 6.08 Å². The lowest BCUT2D eigenvalue weighted by Gasteiger charge is -2.19. The molecule has 27 heavy (non-hydrogen) atoms. The first-order chi connectivity index (χ1) is 12.8. The maximum atomic E-state index is 12.2. The highest BCUT2D eigenvalue weighted by molar-refractivity contribution is 6.51. The lowest BCUT2D eigenvalue weighted by molar-refractivity contribution is -0.119. The lowest BCUT2D eigenvalue weighted by Crippen LogP contribution is -2.36. The molecule has 1 amide bonds. The van der Waals surface area contributed by atoms with Crippen LogP contribution in [0.3, 0.4) is 0 Å². The molecule has 0 aliphatic heterocycles. The Morgan fingerprint density at radius 2 is 1.93 bits per heavy atom. The third kappa shape index (κ3) is 5.50. The van der Waals surface area contributed by atoms with Gasteiger partial charge in [-0.1, -0.05) is 6.92 Å². The maximum absolute atomic E-state index is 12.2. The molecule has 0 saturated carbocycles. The number of Topliss-reactive ketones (excluding diaryl/α,β-unsaturated/α-hetero) is 1. The summed E-state index contributed by atoms with van der Waals surface area (Å²) in [4.78, 5) is 39.9. The van der Waals surface area contributed by atoms with Crippen molar-refractivity contribution in [2.75, 3.05) is 17.7 Å². The molecule has 6 nitrogen and oxygen atoms in total. The molecule has 2 atom stereocenters. The molecule has 2 rings (SSSR count). The van der Waals surface area contributed by atoms with Crippen molar-refractivity contribution in [2.24, 2.45) is 10.9 Å². The van der Waals surface area contributed by atoms with Gasteiger partial charge in [0, 0.05) is 18.3 Å². The molecule has 0 aromatic heterocycles. The van der Waals surface area contributed by atoms with E-state index in [2.05, 4.69) is 15.6 Å². The fourth-order valence-electron chi connectivity index (χ4n) is 2.76. The molecule has 1 aliphatic rings. The van der Waals surface area contributed by atoms with E-state index in [1.807, 2.05) is 19.1 Å². The smallest absolute Gasteiger partial charge is 0.234 e. The summed E-state index contributed by atoms with van der Waals surface area (Å²) in [6.07, 6.45) is 2.17. The van der Waals surface area contributed by atoms with Gasteiger partial charge in [-0.05, 0) is 56.2 Å². The Labute approximate surface area is 164 Å². The molecule has 2 unspecified atom stereocenters. The number of benzene rings is 1. The van der Waals surface area contributed by atoms with Gasteiger partial charge in [0.15, 0.2) is 5.78 Å². The van der Waals surface area contributed by atoms with Gasteiger partial charge in [-0.2, -0.15) is 0 Å². The molecule has 1 aromatic carbocycles. The van der Waals surface area contributed by atoms with Gasteiger partial charge in [-0.25, -0.2) is 4.99 Å². The number of rotatable bonds is 7. The van der Waals surface area contributed by atoms with E-state index in [0.29, 0.717) is 17.8 Å². The normalized spacial score (nSPS) is 19.6. The van der Waals surface area contributed by atoms with Crippen LogP contribution in [0.4, 0.5) is 11.4 Å². The largest absolute Gasteiger partial charge is 0.381 e. The number of nitrogens with one attached hydrogen (secondary N) is 2. The molecule has 0 radical (unpaired) electrons. The Balaban J connectivity index is 2.07. The lowest BCUT2D eigenvalue weighted by atomic mass is 9.87. The first-order valence-corrected chi connectivity index (χ1v) is 9.43. The predicted molar refractivity (Wildman–Crippen MR) is 108 cm³/mol. The van der Waals surface area contributed by atoms with Crippen LogP contribution in [0.25, 0.3) is 0 Å². The molecule has 7 heteroatoms. The number of ketones is 2. The van der Waals surface area contributed by atoms with Crippen LogP contribution in [-0.2, 0) is 14.4 Å². The fraction of sp³-hybridized carbons (Fsp3) is 0.400. The van der Waals surface area contributed by atoms with Gasteiger partial charge in [-0.15, -0.1) is 11.6 Å². The van der Waals surface area contributed by atoms with Crippen molar-refractivity contribution in [3.05, 3.63) is 35.9 Å². The van der Waals surface area contributed by atoms with E-state index in [1.54, 1.807) is 26.0 Å². The summed E-state index contributed by atoms with van der Waals surface area (Å²) in [5.74, 6) is -1.08.